The topological polar surface area (TPSA) is 70.6 Å². The molecule has 8 rings (SSSR count). The molecule has 0 aliphatic carbocycles. The third-order valence-electron chi connectivity index (χ3n) is 11.0. The van der Waals surface area contributed by atoms with E-state index in [1.165, 1.54) is 38.9 Å². The van der Waals surface area contributed by atoms with Gasteiger partial charge in [0, 0.05) is 50.9 Å². The Labute approximate surface area is 311 Å². The molecule has 4 heterocycles. The smallest absolute Gasteiger partial charge is 0.0671 e. The first-order valence-electron chi connectivity index (χ1n) is 17.9. The zero-order valence-corrected chi connectivity index (χ0v) is 31.2. The molecule has 6 aromatic rings. The molecular formula is C43H46Cl2N6. The summed E-state index contributed by atoms with van der Waals surface area (Å²) in [5.74, 6) is 0. The second kappa shape index (κ2) is 15.2. The van der Waals surface area contributed by atoms with E-state index in [0.717, 1.165) is 78.9 Å². The monoisotopic (exact) mass is 716 g/mol. The molecule has 0 unspecified atom stereocenters. The van der Waals surface area contributed by atoms with Crippen LogP contribution in [0.4, 0.5) is 0 Å². The lowest BCUT2D eigenvalue weighted by Crippen LogP contribution is -2.40. The van der Waals surface area contributed by atoms with Crippen molar-refractivity contribution >= 4 is 23.2 Å². The van der Waals surface area contributed by atoms with Crippen molar-refractivity contribution in [1.82, 2.24) is 30.6 Å². The van der Waals surface area contributed by atoms with Gasteiger partial charge >= 0.3 is 0 Å². The van der Waals surface area contributed by atoms with Gasteiger partial charge in [-0.2, -0.15) is 10.2 Å². The molecular weight excluding hydrogens is 671 g/mol. The molecule has 0 atom stereocenters. The van der Waals surface area contributed by atoms with E-state index in [-0.39, 0.29) is 10.8 Å². The van der Waals surface area contributed by atoms with Crippen LogP contribution in [0.5, 0.6) is 0 Å². The van der Waals surface area contributed by atoms with Crippen molar-refractivity contribution in [3.8, 4) is 22.3 Å². The van der Waals surface area contributed by atoms with Gasteiger partial charge in [-0.1, -0.05) is 96.0 Å². The normalized spacial score (nSPS) is 16.6. The molecule has 8 heteroatoms. The zero-order chi connectivity index (χ0) is 35.4. The number of benzene rings is 4. The molecule has 2 aromatic heterocycles. The number of aryl methyl sites for hydroxylation is 3. The fourth-order valence-corrected chi connectivity index (χ4v) is 8.45. The zero-order valence-electron chi connectivity index (χ0n) is 29.6. The summed E-state index contributed by atoms with van der Waals surface area (Å²) in [6.07, 6.45) is 8.37. The van der Waals surface area contributed by atoms with Crippen molar-refractivity contribution in [3.63, 3.8) is 0 Å². The van der Waals surface area contributed by atoms with Gasteiger partial charge in [0.2, 0.25) is 0 Å². The van der Waals surface area contributed by atoms with E-state index in [9.17, 15) is 0 Å². The van der Waals surface area contributed by atoms with Crippen LogP contribution < -0.4 is 10.6 Å². The Bertz CT molecular complexity index is 2030. The van der Waals surface area contributed by atoms with Crippen LogP contribution in [0, 0.1) is 13.8 Å². The molecule has 0 spiro atoms. The predicted octanol–water partition coefficient (Wildman–Crippen LogP) is 9.43. The highest BCUT2D eigenvalue weighted by Gasteiger charge is 2.37. The quantitative estimate of drug-likeness (QED) is 0.161. The van der Waals surface area contributed by atoms with Gasteiger partial charge in [-0.3, -0.25) is 9.78 Å². The van der Waals surface area contributed by atoms with Crippen LogP contribution in [-0.4, -0.2) is 46.2 Å². The van der Waals surface area contributed by atoms with Crippen molar-refractivity contribution in [3.05, 3.63) is 153 Å². The maximum Gasteiger partial charge on any atom is 0.0671 e. The van der Waals surface area contributed by atoms with Gasteiger partial charge in [0.15, 0.2) is 0 Å². The third-order valence-corrected chi connectivity index (χ3v) is 11.6. The molecule has 0 bridgehead atoms. The molecule has 51 heavy (non-hydrogen) atoms. The van der Waals surface area contributed by atoms with Crippen LogP contribution >= 0.6 is 23.2 Å². The number of hydrogen-bond acceptors (Lipinski definition) is 4. The summed E-state index contributed by atoms with van der Waals surface area (Å²) in [6.45, 7) is 8.25. The van der Waals surface area contributed by atoms with Crippen molar-refractivity contribution in [2.24, 2.45) is 7.05 Å². The highest BCUT2D eigenvalue weighted by molar-refractivity contribution is 6.30. The Morgan fingerprint density at radius 1 is 0.569 bits per heavy atom. The first-order chi connectivity index (χ1) is 24.8. The van der Waals surface area contributed by atoms with Gasteiger partial charge in [0.1, 0.15) is 0 Å². The predicted molar refractivity (Wildman–Crippen MR) is 211 cm³/mol. The lowest BCUT2D eigenvalue weighted by molar-refractivity contribution is 0.362. The summed E-state index contributed by atoms with van der Waals surface area (Å²) in [6, 6.07) is 34.8. The van der Waals surface area contributed by atoms with Gasteiger partial charge < -0.3 is 10.6 Å². The summed E-state index contributed by atoms with van der Waals surface area (Å²) in [5, 5.41) is 20.2. The fraction of sp³-hybridized carbons (Fsp3) is 0.302. The molecule has 2 aliphatic rings. The number of H-pyrrole nitrogens is 1. The molecule has 0 amide bonds. The Morgan fingerprint density at radius 2 is 0.961 bits per heavy atom. The van der Waals surface area contributed by atoms with Crippen LogP contribution in [-0.2, 0) is 17.9 Å². The molecule has 262 valence electrons. The minimum Gasteiger partial charge on any atom is -0.317 e. The van der Waals surface area contributed by atoms with E-state index in [0.29, 0.717) is 0 Å². The summed E-state index contributed by atoms with van der Waals surface area (Å²) < 4.78 is 1.88. The van der Waals surface area contributed by atoms with E-state index in [1.807, 2.05) is 42.2 Å². The highest BCUT2D eigenvalue weighted by atomic mass is 35.5. The number of hydrogen-bond donors (Lipinski definition) is 3. The van der Waals surface area contributed by atoms with Crippen molar-refractivity contribution in [1.29, 1.82) is 0 Å². The fourth-order valence-electron chi connectivity index (χ4n) is 8.20. The van der Waals surface area contributed by atoms with Crippen LogP contribution in [0.1, 0.15) is 59.3 Å². The number of piperidine rings is 2. The van der Waals surface area contributed by atoms with E-state index in [4.69, 9.17) is 23.2 Å². The van der Waals surface area contributed by atoms with Crippen LogP contribution in [0.15, 0.2) is 109 Å². The van der Waals surface area contributed by atoms with Crippen molar-refractivity contribution < 1.29 is 0 Å². The molecule has 6 nitrogen and oxygen atoms in total. The van der Waals surface area contributed by atoms with Crippen LogP contribution in [0.3, 0.4) is 0 Å². The average Bonchev–Trinajstić information content (AvgIpc) is 3.76. The van der Waals surface area contributed by atoms with Crippen molar-refractivity contribution in [2.75, 3.05) is 26.2 Å². The van der Waals surface area contributed by atoms with Crippen molar-refractivity contribution in [2.45, 2.75) is 50.4 Å². The maximum absolute atomic E-state index is 6.13. The highest BCUT2D eigenvalue weighted by Crippen LogP contribution is 2.42. The first-order valence-corrected chi connectivity index (χ1v) is 18.7. The SMILES string of the molecule is Cc1[nH]ncc1-c1ccc(C2(c3ccc(Cl)cc3)CCNCC2)cc1.Cc1nn(C)cc1-c1ccc(C2(c3ccc(Cl)cc3)CCNCC2)cc1. The first kappa shape index (κ1) is 35.2. The second-order valence-electron chi connectivity index (χ2n) is 14.0. The third kappa shape index (κ3) is 7.29. The van der Waals surface area contributed by atoms with Gasteiger partial charge in [0.25, 0.3) is 0 Å². The standard InChI is InChI=1S/C22H24ClN3.C21H22ClN3/c1-16-21(15-26(2)25-16)17-3-5-18(6-4-17)22(11-13-24-14-12-22)19-7-9-20(23)10-8-19;1-15-20(14-24-25-15)16-2-4-17(5-3-16)21(10-12-23-13-11-21)18-6-8-19(22)9-7-18/h3-10,15,24H,11-14H2,1-2H3;2-9,14,23H,10-13H2,1H3,(H,24,25). The van der Waals surface area contributed by atoms with E-state index in [2.05, 4.69) is 119 Å². The number of aromatic nitrogens is 4. The van der Waals surface area contributed by atoms with Gasteiger partial charge in [-0.15, -0.1) is 0 Å². The lowest BCUT2D eigenvalue weighted by atomic mass is 9.68. The second-order valence-corrected chi connectivity index (χ2v) is 14.9. The molecule has 4 aromatic carbocycles. The van der Waals surface area contributed by atoms with Gasteiger partial charge in [-0.25, -0.2) is 0 Å². The molecule has 3 N–H and O–H groups in total. The van der Waals surface area contributed by atoms with Gasteiger partial charge in [0.05, 0.1) is 11.9 Å². The molecule has 0 radical (unpaired) electrons. The van der Waals surface area contributed by atoms with E-state index < -0.39 is 0 Å². The number of nitrogens with zero attached hydrogens (tertiary/aromatic N) is 3. The molecule has 2 fully saturated rings. The summed E-state index contributed by atoms with van der Waals surface area (Å²) in [5.41, 5.74) is 12.5. The Balaban J connectivity index is 0.000000159. The lowest BCUT2D eigenvalue weighted by Gasteiger charge is -2.39. The molecule has 2 aliphatic heterocycles. The Kier molecular flexibility index (Phi) is 10.5. The summed E-state index contributed by atoms with van der Waals surface area (Å²) in [4.78, 5) is 0. The number of rotatable bonds is 6. The Hall–Kier alpha value is -4.20. The minimum atomic E-state index is 0.0539. The largest absolute Gasteiger partial charge is 0.317 e. The summed E-state index contributed by atoms with van der Waals surface area (Å²) in [7, 11) is 1.97. The molecule has 2 saturated heterocycles. The van der Waals surface area contributed by atoms with Crippen LogP contribution in [0.2, 0.25) is 10.0 Å². The maximum atomic E-state index is 6.13. The Morgan fingerprint density at radius 3 is 1.31 bits per heavy atom. The van der Waals surface area contributed by atoms with E-state index in [1.54, 1.807) is 0 Å². The molecule has 0 saturated carbocycles. The number of halogens is 2. The van der Waals surface area contributed by atoms with Crippen LogP contribution in [0.25, 0.3) is 22.3 Å². The average molecular weight is 718 g/mol. The van der Waals surface area contributed by atoms with E-state index >= 15 is 0 Å². The summed E-state index contributed by atoms with van der Waals surface area (Å²) >= 11 is 12.2. The number of nitrogens with one attached hydrogen (secondary N) is 3. The van der Waals surface area contributed by atoms with Gasteiger partial charge in [-0.05, 0) is 123 Å². The number of aromatic amines is 1. The minimum absolute atomic E-state index is 0.0539.